The van der Waals surface area contributed by atoms with Gasteiger partial charge in [0.2, 0.25) is 5.91 Å². The lowest BCUT2D eigenvalue weighted by molar-refractivity contribution is -0.120. The molecular formula is C20H26N4OS. The highest BCUT2D eigenvalue weighted by Gasteiger charge is 2.15. The Hall–Kier alpha value is -2.21. The molecule has 0 unspecified atom stereocenters. The van der Waals surface area contributed by atoms with E-state index in [1.165, 1.54) is 4.70 Å². The maximum atomic E-state index is 12.3. The number of fused-ring (bicyclic) bond motifs is 1. The predicted molar refractivity (Wildman–Crippen MR) is 107 cm³/mol. The van der Waals surface area contributed by atoms with E-state index in [-0.39, 0.29) is 5.91 Å². The minimum atomic E-state index is 0.0430. The molecule has 138 valence electrons. The summed E-state index contributed by atoms with van der Waals surface area (Å²) >= 11 is 1.69. The monoisotopic (exact) mass is 370 g/mol. The summed E-state index contributed by atoms with van der Waals surface area (Å²) in [4.78, 5) is 17.0. The molecule has 0 aliphatic carbocycles. The number of nitrogens with one attached hydrogen (secondary N) is 1. The molecule has 3 rings (SSSR count). The first-order chi connectivity index (χ1) is 12.4. The lowest BCUT2D eigenvalue weighted by Gasteiger charge is -2.08. The van der Waals surface area contributed by atoms with E-state index >= 15 is 0 Å². The Morgan fingerprint density at radius 3 is 2.77 bits per heavy atom. The lowest BCUT2D eigenvalue weighted by atomic mass is 10.1. The molecule has 26 heavy (non-hydrogen) atoms. The van der Waals surface area contributed by atoms with Crippen LogP contribution in [-0.4, -0.2) is 27.2 Å². The van der Waals surface area contributed by atoms with E-state index in [4.69, 9.17) is 0 Å². The summed E-state index contributed by atoms with van der Waals surface area (Å²) in [6, 6.07) is 8.12. The van der Waals surface area contributed by atoms with Gasteiger partial charge in [-0.3, -0.25) is 9.48 Å². The van der Waals surface area contributed by atoms with Crippen LogP contribution in [0.1, 0.15) is 35.8 Å². The number of aromatic nitrogens is 3. The van der Waals surface area contributed by atoms with E-state index < -0.39 is 0 Å². The molecule has 0 aliphatic rings. The smallest absolute Gasteiger partial charge is 0.224 e. The van der Waals surface area contributed by atoms with Gasteiger partial charge in [0.25, 0.3) is 0 Å². The van der Waals surface area contributed by atoms with E-state index in [9.17, 15) is 4.79 Å². The first-order valence-corrected chi connectivity index (χ1v) is 9.89. The van der Waals surface area contributed by atoms with Gasteiger partial charge in [-0.1, -0.05) is 26.0 Å². The number of benzene rings is 1. The van der Waals surface area contributed by atoms with E-state index in [1.54, 1.807) is 11.3 Å². The minimum Gasteiger partial charge on any atom is -0.355 e. The van der Waals surface area contributed by atoms with Crippen molar-refractivity contribution in [2.24, 2.45) is 5.92 Å². The van der Waals surface area contributed by atoms with Crippen LogP contribution in [0.5, 0.6) is 0 Å². The zero-order chi connectivity index (χ0) is 18.7. The van der Waals surface area contributed by atoms with Crippen LogP contribution in [-0.2, 0) is 24.2 Å². The minimum absolute atomic E-state index is 0.0430. The first-order valence-electron chi connectivity index (χ1n) is 9.08. The van der Waals surface area contributed by atoms with Gasteiger partial charge in [0, 0.05) is 30.8 Å². The van der Waals surface area contributed by atoms with Crippen molar-refractivity contribution in [2.45, 2.75) is 47.1 Å². The molecule has 2 aromatic heterocycles. The summed E-state index contributed by atoms with van der Waals surface area (Å²) in [6.07, 6.45) is 1.14. The topological polar surface area (TPSA) is 59.8 Å². The van der Waals surface area contributed by atoms with Crippen molar-refractivity contribution in [1.82, 2.24) is 20.1 Å². The Morgan fingerprint density at radius 1 is 1.27 bits per heavy atom. The molecule has 0 fully saturated rings. The molecule has 0 aliphatic heterocycles. The van der Waals surface area contributed by atoms with Gasteiger partial charge in [-0.25, -0.2) is 4.98 Å². The summed E-state index contributed by atoms with van der Waals surface area (Å²) in [5.74, 6) is 0.574. The maximum absolute atomic E-state index is 12.3. The van der Waals surface area contributed by atoms with Gasteiger partial charge in [0.15, 0.2) is 0 Å². The average Bonchev–Trinajstić information content (AvgIpc) is 3.10. The number of nitrogens with zero attached hydrogens (tertiary/aromatic N) is 3. The maximum Gasteiger partial charge on any atom is 0.224 e. The average molecular weight is 371 g/mol. The lowest BCUT2D eigenvalue weighted by Crippen LogP contribution is -2.27. The Bertz CT molecular complexity index is 877. The third-order valence-electron chi connectivity index (χ3n) is 4.41. The second kappa shape index (κ2) is 7.99. The molecule has 2 heterocycles. The molecule has 1 amide bonds. The largest absolute Gasteiger partial charge is 0.355 e. The number of carbonyl (C=O) groups is 1. The molecule has 0 saturated carbocycles. The Kier molecular flexibility index (Phi) is 5.71. The van der Waals surface area contributed by atoms with E-state index in [0.29, 0.717) is 18.9 Å². The van der Waals surface area contributed by atoms with E-state index in [1.807, 2.05) is 36.7 Å². The number of thiazole rings is 1. The van der Waals surface area contributed by atoms with Gasteiger partial charge in [-0.2, -0.15) is 5.10 Å². The fourth-order valence-corrected chi connectivity index (χ4v) is 4.04. The number of hydrogen-bond donors (Lipinski definition) is 1. The molecule has 0 atom stereocenters. The third-order valence-corrected chi connectivity index (χ3v) is 5.50. The van der Waals surface area contributed by atoms with Crippen molar-refractivity contribution in [1.29, 1.82) is 0 Å². The number of para-hydroxylation sites is 1. The van der Waals surface area contributed by atoms with Crippen molar-refractivity contribution in [2.75, 3.05) is 6.54 Å². The predicted octanol–water partition coefficient (Wildman–Crippen LogP) is 3.67. The summed E-state index contributed by atoms with van der Waals surface area (Å²) in [5.41, 5.74) is 4.12. The normalized spacial score (nSPS) is 11.4. The quantitative estimate of drug-likeness (QED) is 0.690. The van der Waals surface area contributed by atoms with E-state index in [0.717, 1.165) is 40.4 Å². The Labute approximate surface area is 158 Å². The fraction of sp³-hybridized carbons (Fsp3) is 0.450. The molecule has 5 nitrogen and oxygen atoms in total. The van der Waals surface area contributed by atoms with Crippen LogP contribution >= 0.6 is 11.3 Å². The molecule has 6 heteroatoms. The van der Waals surface area contributed by atoms with Crippen LogP contribution in [0.4, 0.5) is 0 Å². The van der Waals surface area contributed by atoms with Crippen LogP contribution in [0, 0.1) is 19.8 Å². The number of aryl methyl sites for hydroxylation is 1. The standard InChI is InChI=1S/C20H26N4OS/c1-13(2)12-24-15(4)16(14(3)23-24)11-19(25)21-10-9-20-22-17-7-5-6-8-18(17)26-20/h5-8,13H,9-12H2,1-4H3,(H,21,25). The molecule has 1 aromatic carbocycles. The van der Waals surface area contributed by atoms with Crippen LogP contribution in [0.3, 0.4) is 0 Å². The van der Waals surface area contributed by atoms with Gasteiger partial charge in [0.05, 0.1) is 27.3 Å². The first kappa shape index (κ1) is 18.6. The summed E-state index contributed by atoms with van der Waals surface area (Å²) in [5, 5.41) is 8.66. The van der Waals surface area contributed by atoms with Gasteiger partial charge < -0.3 is 5.32 Å². The molecule has 0 bridgehead atoms. The molecule has 1 N–H and O–H groups in total. The molecule has 0 spiro atoms. The third kappa shape index (κ3) is 4.30. The fourth-order valence-electron chi connectivity index (χ4n) is 3.07. The zero-order valence-corrected chi connectivity index (χ0v) is 16.7. The van der Waals surface area contributed by atoms with Gasteiger partial charge in [-0.15, -0.1) is 11.3 Å². The van der Waals surface area contributed by atoms with Crippen LogP contribution in [0.15, 0.2) is 24.3 Å². The second-order valence-electron chi connectivity index (χ2n) is 7.08. The summed E-state index contributed by atoms with van der Waals surface area (Å²) < 4.78 is 3.21. The zero-order valence-electron chi connectivity index (χ0n) is 15.9. The second-order valence-corrected chi connectivity index (χ2v) is 8.19. The molecule has 0 saturated heterocycles. The van der Waals surface area contributed by atoms with Crippen LogP contribution in [0.25, 0.3) is 10.2 Å². The molecule has 3 aromatic rings. The van der Waals surface area contributed by atoms with Crippen LogP contribution < -0.4 is 5.32 Å². The number of hydrogen-bond acceptors (Lipinski definition) is 4. The van der Waals surface area contributed by atoms with Gasteiger partial charge >= 0.3 is 0 Å². The van der Waals surface area contributed by atoms with E-state index in [2.05, 4.69) is 35.3 Å². The highest BCUT2D eigenvalue weighted by Crippen LogP contribution is 2.21. The number of carbonyl (C=O) groups excluding carboxylic acids is 1. The highest BCUT2D eigenvalue weighted by molar-refractivity contribution is 7.18. The number of rotatable bonds is 7. The Balaban J connectivity index is 1.55. The van der Waals surface area contributed by atoms with Gasteiger partial charge in [0.1, 0.15) is 0 Å². The highest BCUT2D eigenvalue weighted by atomic mass is 32.1. The van der Waals surface area contributed by atoms with Crippen molar-refractivity contribution >= 4 is 27.5 Å². The Morgan fingerprint density at radius 2 is 2.04 bits per heavy atom. The van der Waals surface area contributed by atoms with Crippen molar-refractivity contribution in [3.05, 3.63) is 46.2 Å². The van der Waals surface area contributed by atoms with Crippen molar-refractivity contribution < 1.29 is 4.79 Å². The van der Waals surface area contributed by atoms with Crippen molar-refractivity contribution in [3.63, 3.8) is 0 Å². The molecular weight excluding hydrogens is 344 g/mol. The van der Waals surface area contributed by atoms with Crippen LogP contribution in [0.2, 0.25) is 0 Å². The van der Waals surface area contributed by atoms with Gasteiger partial charge in [-0.05, 0) is 31.9 Å². The molecule has 0 radical (unpaired) electrons. The summed E-state index contributed by atoms with van der Waals surface area (Å²) in [6.45, 7) is 9.86. The summed E-state index contributed by atoms with van der Waals surface area (Å²) in [7, 11) is 0. The number of amides is 1. The SMILES string of the molecule is Cc1nn(CC(C)C)c(C)c1CC(=O)NCCc1nc2ccccc2s1. The van der Waals surface area contributed by atoms with Crippen molar-refractivity contribution in [3.8, 4) is 0 Å².